The van der Waals surface area contributed by atoms with Gasteiger partial charge in [-0.15, -0.1) is 0 Å². The highest BCUT2D eigenvalue weighted by atomic mass is 15.4. The molecule has 0 aromatic heterocycles. The molecule has 3 rings (SSSR count). The summed E-state index contributed by atoms with van der Waals surface area (Å²) < 4.78 is 0. The van der Waals surface area contributed by atoms with Crippen molar-refractivity contribution in [2.45, 2.75) is 39.2 Å². The van der Waals surface area contributed by atoms with Crippen molar-refractivity contribution in [1.82, 2.24) is 20.0 Å². The molecule has 0 bridgehead atoms. The molecule has 2 fully saturated rings. The fourth-order valence-electron chi connectivity index (χ4n) is 4.80. The van der Waals surface area contributed by atoms with E-state index in [1.54, 1.807) is 0 Å². The Labute approximate surface area is 171 Å². The highest BCUT2D eigenvalue weighted by Gasteiger charge is 2.26. The zero-order chi connectivity index (χ0) is 19.8. The Kier molecular flexibility index (Phi) is 8.16. The van der Waals surface area contributed by atoms with Gasteiger partial charge in [0.25, 0.3) is 0 Å². The molecule has 2 saturated heterocycles. The number of rotatable bonds is 6. The van der Waals surface area contributed by atoms with Gasteiger partial charge in [-0.3, -0.25) is 9.89 Å². The van der Waals surface area contributed by atoms with Gasteiger partial charge in [0.05, 0.1) is 0 Å². The maximum Gasteiger partial charge on any atom is 0.193 e. The van der Waals surface area contributed by atoms with E-state index in [1.165, 1.54) is 38.0 Å². The Balaban J connectivity index is 1.48. The van der Waals surface area contributed by atoms with E-state index in [2.05, 4.69) is 69.2 Å². The van der Waals surface area contributed by atoms with Gasteiger partial charge in [0, 0.05) is 52.4 Å². The number of nitrogens with zero attached hydrogens (tertiary/aromatic N) is 4. The average molecular weight is 386 g/mol. The minimum atomic E-state index is 0.528. The Morgan fingerprint density at radius 3 is 2.50 bits per heavy atom. The second kappa shape index (κ2) is 10.8. The second-order valence-corrected chi connectivity index (χ2v) is 8.19. The van der Waals surface area contributed by atoms with E-state index < -0.39 is 0 Å². The third kappa shape index (κ3) is 5.48. The van der Waals surface area contributed by atoms with Crippen molar-refractivity contribution in [3.63, 3.8) is 0 Å². The van der Waals surface area contributed by atoms with Gasteiger partial charge in [-0.1, -0.05) is 44.2 Å². The molecule has 0 saturated carbocycles. The standard InChI is InChI=1S/C23H39N5/c1-4-22(21-11-7-6-8-12-21)27-14-16-28(17-15-27)23(24-3)25-18-20-10-9-13-26(5-2)19-20/h6-8,11-12,20,22H,4-5,9-10,13-19H2,1-3H3,(H,24,25). The molecular weight excluding hydrogens is 346 g/mol. The Hall–Kier alpha value is -1.59. The zero-order valence-electron chi connectivity index (χ0n) is 18.1. The van der Waals surface area contributed by atoms with E-state index in [1.807, 2.05) is 7.05 Å². The average Bonchev–Trinajstić information content (AvgIpc) is 2.76. The normalized spacial score (nSPS) is 23.6. The first-order valence-electron chi connectivity index (χ1n) is 11.2. The van der Waals surface area contributed by atoms with Crippen molar-refractivity contribution in [1.29, 1.82) is 0 Å². The number of likely N-dealkylation sites (tertiary alicyclic amines) is 1. The van der Waals surface area contributed by atoms with Gasteiger partial charge in [0.15, 0.2) is 5.96 Å². The molecule has 2 atom stereocenters. The first-order valence-corrected chi connectivity index (χ1v) is 11.2. The fraction of sp³-hybridized carbons (Fsp3) is 0.696. The summed E-state index contributed by atoms with van der Waals surface area (Å²) in [5.74, 6) is 1.83. The molecule has 1 aromatic carbocycles. The number of guanidine groups is 1. The molecule has 2 aliphatic heterocycles. The number of benzene rings is 1. The second-order valence-electron chi connectivity index (χ2n) is 8.19. The van der Waals surface area contributed by atoms with Gasteiger partial charge in [-0.05, 0) is 43.8 Å². The van der Waals surface area contributed by atoms with Crippen molar-refractivity contribution in [3.8, 4) is 0 Å². The number of hydrogen-bond donors (Lipinski definition) is 1. The van der Waals surface area contributed by atoms with E-state index in [0.29, 0.717) is 6.04 Å². The van der Waals surface area contributed by atoms with Crippen LogP contribution >= 0.6 is 0 Å². The summed E-state index contributed by atoms with van der Waals surface area (Å²) in [4.78, 5) is 12.2. The molecular formula is C23H39N5. The highest BCUT2D eigenvalue weighted by Crippen LogP contribution is 2.25. The third-order valence-corrected chi connectivity index (χ3v) is 6.44. The molecule has 0 amide bonds. The molecule has 1 aromatic rings. The van der Waals surface area contributed by atoms with Crippen LogP contribution in [0.2, 0.25) is 0 Å². The summed E-state index contributed by atoms with van der Waals surface area (Å²) in [6.07, 6.45) is 3.82. The largest absolute Gasteiger partial charge is 0.356 e. The van der Waals surface area contributed by atoms with Gasteiger partial charge >= 0.3 is 0 Å². The molecule has 156 valence electrons. The number of piperidine rings is 1. The Bertz CT molecular complexity index is 594. The van der Waals surface area contributed by atoms with Gasteiger partial charge in [-0.25, -0.2) is 0 Å². The molecule has 5 nitrogen and oxygen atoms in total. The Morgan fingerprint density at radius 1 is 1.11 bits per heavy atom. The maximum absolute atomic E-state index is 4.58. The monoisotopic (exact) mass is 385 g/mol. The van der Waals surface area contributed by atoms with E-state index in [9.17, 15) is 0 Å². The topological polar surface area (TPSA) is 34.1 Å². The molecule has 2 aliphatic rings. The van der Waals surface area contributed by atoms with Gasteiger partial charge < -0.3 is 15.1 Å². The third-order valence-electron chi connectivity index (χ3n) is 6.44. The molecule has 2 heterocycles. The van der Waals surface area contributed by atoms with Crippen LogP contribution in [0.3, 0.4) is 0 Å². The van der Waals surface area contributed by atoms with Crippen LogP contribution in [-0.4, -0.2) is 80.1 Å². The minimum absolute atomic E-state index is 0.528. The first-order chi connectivity index (χ1) is 13.7. The van der Waals surface area contributed by atoms with Crippen LogP contribution in [0.25, 0.3) is 0 Å². The number of piperazine rings is 1. The lowest BCUT2D eigenvalue weighted by Gasteiger charge is -2.41. The van der Waals surface area contributed by atoms with E-state index in [0.717, 1.165) is 51.0 Å². The van der Waals surface area contributed by atoms with Crippen molar-refractivity contribution < 1.29 is 0 Å². The summed E-state index contributed by atoms with van der Waals surface area (Å²) in [6, 6.07) is 11.5. The first kappa shape index (κ1) is 21.1. The van der Waals surface area contributed by atoms with Crippen LogP contribution in [0, 0.1) is 5.92 Å². The number of aliphatic imine (C=N–C) groups is 1. The quantitative estimate of drug-likeness (QED) is 0.603. The molecule has 2 unspecified atom stereocenters. The predicted molar refractivity (Wildman–Crippen MR) is 119 cm³/mol. The predicted octanol–water partition coefficient (Wildman–Crippen LogP) is 3.06. The SMILES string of the molecule is CCC(c1ccccc1)N1CCN(C(=NC)NCC2CCCN(CC)C2)CC1. The molecule has 28 heavy (non-hydrogen) atoms. The molecule has 0 aliphatic carbocycles. The summed E-state index contributed by atoms with van der Waals surface area (Å²) >= 11 is 0. The fourth-order valence-corrected chi connectivity index (χ4v) is 4.80. The molecule has 5 heteroatoms. The van der Waals surface area contributed by atoms with Gasteiger partial charge in [0.1, 0.15) is 0 Å². The van der Waals surface area contributed by atoms with Crippen LogP contribution in [-0.2, 0) is 0 Å². The van der Waals surface area contributed by atoms with Crippen LogP contribution in [0.1, 0.15) is 44.7 Å². The van der Waals surface area contributed by atoms with Crippen LogP contribution in [0.4, 0.5) is 0 Å². The maximum atomic E-state index is 4.58. The summed E-state index contributed by atoms with van der Waals surface area (Å²) in [5.41, 5.74) is 1.44. The van der Waals surface area contributed by atoms with Crippen LogP contribution < -0.4 is 5.32 Å². The summed E-state index contributed by atoms with van der Waals surface area (Å²) in [6.45, 7) is 13.6. The summed E-state index contributed by atoms with van der Waals surface area (Å²) in [5, 5.41) is 3.67. The summed E-state index contributed by atoms with van der Waals surface area (Å²) in [7, 11) is 1.92. The van der Waals surface area contributed by atoms with Crippen LogP contribution in [0.5, 0.6) is 0 Å². The Morgan fingerprint density at radius 2 is 1.86 bits per heavy atom. The van der Waals surface area contributed by atoms with E-state index in [4.69, 9.17) is 0 Å². The van der Waals surface area contributed by atoms with Gasteiger partial charge in [0.2, 0.25) is 0 Å². The lowest BCUT2D eigenvalue weighted by molar-refractivity contribution is 0.126. The molecule has 0 radical (unpaired) electrons. The minimum Gasteiger partial charge on any atom is -0.356 e. The van der Waals surface area contributed by atoms with Gasteiger partial charge in [-0.2, -0.15) is 0 Å². The van der Waals surface area contributed by atoms with Crippen molar-refractivity contribution in [3.05, 3.63) is 35.9 Å². The van der Waals surface area contributed by atoms with E-state index in [-0.39, 0.29) is 0 Å². The smallest absolute Gasteiger partial charge is 0.193 e. The molecule has 1 N–H and O–H groups in total. The van der Waals surface area contributed by atoms with E-state index >= 15 is 0 Å². The lowest BCUT2D eigenvalue weighted by Crippen LogP contribution is -2.54. The molecule has 0 spiro atoms. The van der Waals surface area contributed by atoms with Crippen molar-refractivity contribution in [2.75, 3.05) is 59.4 Å². The lowest BCUT2D eigenvalue weighted by atomic mass is 9.98. The van der Waals surface area contributed by atoms with Crippen molar-refractivity contribution in [2.24, 2.45) is 10.9 Å². The van der Waals surface area contributed by atoms with Crippen LogP contribution in [0.15, 0.2) is 35.3 Å². The highest BCUT2D eigenvalue weighted by molar-refractivity contribution is 5.80. The number of nitrogens with one attached hydrogen (secondary N) is 1. The zero-order valence-corrected chi connectivity index (χ0v) is 18.1. The number of hydrogen-bond acceptors (Lipinski definition) is 3. The van der Waals surface area contributed by atoms with Crippen molar-refractivity contribution >= 4 is 5.96 Å².